The molecular weight excluding hydrogens is 206 g/mol. The molecule has 1 N–H and O–H groups in total. The molecule has 6 heteroatoms. The normalized spacial score (nSPS) is 21.4. The topological polar surface area (TPSA) is 66.8 Å². The predicted octanol–water partition coefficient (Wildman–Crippen LogP) is 1.15. The summed E-state index contributed by atoms with van der Waals surface area (Å²) in [6, 6.07) is 0. The third-order valence-electron chi connectivity index (χ3n) is 1.54. The minimum atomic E-state index is -1.02. The molecule has 1 unspecified atom stereocenters. The summed E-state index contributed by atoms with van der Waals surface area (Å²) < 4.78 is 4.89. The monoisotopic (exact) mass is 218 g/mol. The van der Waals surface area contributed by atoms with Crippen molar-refractivity contribution >= 4 is 23.8 Å². The Hall–Kier alpha value is -0.910. The number of rotatable bonds is 2. The molecule has 1 fully saturated rings. The number of aliphatic carboxylic acids is 1. The van der Waals surface area contributed by atoms with Crippen LogP contribution in [0.2, 0.25) is 0 Å². The highest BCUT2D eigenvalue weighted by Gasteiger charge is 2.36. The van der Waals surface area contributed by atoms with Gasteiger partial charge in [0.05, 0.1) is 12.6 Å². The molecule has 1 aliphatic heterocycles. The molecule has 1 rings (SSSR count). The Bertz CT molecular complexity index is 243. The van der Waals surface area contributed by atoms with Gasteiger partial charge in [0.1, 0.15) is 0 Å². The molecular formula is C8H12NO4S. The van der Waals surface area contributed by atoms with Gasteiger partial charge in [-0.2, -0.15) is 0 Å². The Morgan fingerprint density at radius 1 is 1.64 bits per heavy atom. The van der Waals surface area contributed by atoms with Crippen LogP contribution in [-0.2, 0) is 9.53 Å². The lowest BCUT2D eigenvalue weighted by molar-refractivity contribution is -0.138. The average molecular weight is 218 g/mol. The highest BCUT2D eigenvalue weighted by molar-refractivity contribution is 8.00. The molecule has 0 bridgehead atoms. The van der Waals surface area contributed by atoms with E-state index in [0.29, 0.717) is 5.75 Å². The first-order chi connectivity index (χ1) is 6.52. The SMILES string of the molecule is CC(C)OC(=O)N1[CH]CSC1C(=O)O. The summed E-state index contributed by atoms with van der Waals surface area (Å²) in [6.07, 6.45) is -0.839. The molecule has 79 valence electrons. The van der Waals surface area contributed by atoms with Crippen molar-refractivity contribution in [2.75, 3.05) is 5.75 Å². The van der Waals surface area contributed by atoms with Gasteiger partial charge in [-0.25, -0.2) is 9.59 Å². The first kappa shape index (κ1) is 11.2. The first-order valence-electron chi connectivity index (χ1n) is 4.19. The van der Waals surface area contributed by atoms with Crippen molar-refractivity contribution in [1.82, 2.24) is 4.90 Å². The predicted molar refractivity (Wildman–Crippen MR) is 51.6 cm³/mol. The van der Waals surface area contributed by atoms with Gasteiger partial charge in [0, 0.05) is 5.75 Å². The molecule has 0 spiro atoms. The Kier molecular flexibility index (Phi) is 3.62. The molecule has 0 aromatic heterocycles. The van der Waals surface area contributed by atoms with E-state index in [1.54, 1.807) is 13.8 Å². The molecule has 0 aromatic rings. The van der Waals surface area contributed by atoms with Crippen molar-refractivity contribution in [1.29, 1.82) is 0 Å². The third kappa shape index (κ3) is 2.54. The van der Waals surface area contributed by atoms with Crippen molar-refractivity contribution in [3.05, 3.63) is 6.54 Å². The van der Waals surface area contributed by atoms with Gasteiger partial charge < -0.3 is 9.84 Å². The average Bonchev–Trinajstić information content (AvgIpc) is 2.49. The van der Waals surface area contributed by atoms with E-state index in [0.717, 1.165) is 4.90 Å². The summed E-state index contributed by atoms with van der Waals surface area (Å²) in [5, 5.41) is 7.93. The molecule has 14 heavy (non-hydrogen) atoms. The summed E-state index contributed by atoms with van der Waals surface area (Å²) in [7, 11) is 0. The van der Waals surface area contributed by atoms with E-state index in [9.17, 15) is 9.59 Å². The Balaban J connectivity index is 2.58. The number of carboxylic acid groups (broad SMARTS) is 1. The Morgan fingerprint density at radius 2 is 2.29 bits per heavy atom. The second-order valence-corrected chi connectivity index (χ2v) is 4.16. The zero-order valence-corrected chi connectivity index (χ0v) is 8.78. The lowest BCUT2D eigenvalue weighted by Crippen LogP contribution is -2.38. The number of amides is 1. The Labute approximate surface area is 86.4 Å². The molecule has 1 aliphatic rings. The summed E-state index contributed by atoms with van der Waals surface area (Å²) in [6.45, 7) is 4.97. The molecule has 1 heterocycles. The number of carbonyl (C=O) groups excluding carboxylic acids is 1. The van der Waals surface area contributed by atoms with Crippen molar-refractivity contribution in [3.8, 4) is 0 Å². The van der Waals surface area contributed by atoms with Gasteiger partial charge in [0.15, 0.2) is 5.37 Å². The van der Waals surface area contributed by atoms with E-state index in [1.165, 1.54) is 18.3 Å². The van der Waals surface area contributed by atoms with Crippen LogP contribution in [0.15, 0.2) is 0 Å². The van der Waals surface area contributed by atoms with Crippen molar-refractivity contribution in [2.45, 2.75) is 25.3 Å². The summed E-state index contributed by atoms with van der Waals surface area (Å²) in [5.74, 6) is -0.506. The van der Waals surface area contributed by atoms with E-state index < -0.39 is 17.4 Å². The maximum Gasteiger partial charge on any atom is 0.411 e. The molecule has 0 aromatic carbocycles. The smallest absolute Gasteiger partial charge is 0.411 e. The maximum absolute atomic E-state index is 11.4. The molecule has 1 saturated heterocycles. The van der Waals surface area contributed by atoms with Crippen LogP contribution in [0.5, 0.6) is 0 Å². The largest absolute Gasteiger partial charge is 0.479 e. The zero-order valence-electron chi connectivity index (χ0n) is 7.97. The summed E-state index contributed by atoms with van der Waals surface area (Å²) >= 11 is 1.18. The van der Waals surface area contributed by atoms with Gasteiger partial charge in [0.2, 0.25) is 0 Å². The fourth-order valence-electron chi connectivity index (χ4n) is 1.01. The van der Waals surface area contributed by atoms with Gasteiger partial charge in [-0.05, 0) is 13.8 Å². The van der Waals surface area contributed by atoms with Crippen molar-refractivity contribution < 1.29 is 19.4 Å². The van der Waals surface area contributed by atoms with Crippen LogP contribution in [0.1, 0.15) is 13.8 Å². The number of carboxylic acids is 1. The fraction of sp³-hybridized carbons (Fsp3) is 0.625. The van der Waals surface area contributed by atoms with Crippen LogP contribution < -0.4 is 0 Å². The van der Waals surface area contributed by atoms with Crippen molar-refractivity contribution in [3.63, 3.8) is 0 Å². The van der Waals surface area contributed by atoms with Gasteiger partial charge in [-0.1, -0.05) is 0 Å². The van der Waals surface area contributed by atoms with E-state index in [-0.39, 0.29) is 6.10 Å². The standard InChI is InChI=1S/C8H12NO4S/c1-5(2)13-8(12)9-3-4-14-6(9)7(10)11/h3,5-6H,4H2,1-2H3,(H,10,11). The van der Waals surface area contributed by atoms with E-state index in [4.69, 9.17) is 9.84 Å². The first-order valence-corrected chi connectivity index (χ1v) is 5.24. The lowest BCUT2D eigenvalue weighted by atomic mass is 10.5. The van der Waals surface area contributed by atoms with Gasteiger partial charge >= 0.3 is 12.1 Å². The second-order valence-electron chi connectivity index (χ2n) is 3.05. The number of hydrogen-bond donors (Lipinski definition) is 1. The number of hydrogen-bond acceptors (Lipinski definition) is 4. The van der Waals surface area contributed by atoms with Crippen LogP contribution in [0.25, 0.3) is 0 Å². The van der Waals surface area contributed by atoms with E-state index in [2.05, 4.69) is 0 Å². The van der Waals surface area contributed by atoms with Crippen LogP contribution in [0.4, 0.5) is 4.79 Å². The van der Waals surface area contributed by atoms with E-state index >= 15 is 0 Å². The number of thioether (sulfide) groups is 1. The maximum atomic E-state index is 11.4. The van der Waals surface area contributed by atoms with E-state index in [1.807, 2.05) is 0 Å². The lowest BCUT2D eigenvalue weighted by Gasteiger charge is -2.20. The molecule has 0 aliphatic carbocycles. The quantitative estimate of drug-likeness (QED) is 0.753. The highest BCUT2D eigenvalue weighted by atomic mass is 32.2. The van der Waals surface area contributed by atoms with Gasteiger partial charge in [0.25, 0.3) is 0 Å². The molecule has 1 amide bonds. The van der Waals surface area contributed by atoms with Crippen LogP contribution >= 0.6 is 11.8 Å². The highest BCUT2D eigenvalue weighted by Crippen LogP contribution is 2.27. The van der Waals surface area contributed by atoms with Crippen LogP contribution in [0.3, 0.4) is 0 Å². The zero-order chi connectivity index (χ0) is 10.7. The minimum absolute atomic E-state index is 0.240. The summed E-state index contributed by atoms with van der Waals surface area (Å²) in [5.41, 5.74) is 0. The molecule has 0 saturated carbocycles. The van der Waals surface area contributed by atoms with Crippen molar-refractivity contribution in [2.24, 2.45) is 0 Å². The molecule has 5 nitrogen and oxygen atoms in total. The molecule has 1 atom stereocenters. The third-order valence-corrected chi connectivity index (χ3v) is 2.62. The number of nitrogens with zero attached hydrogens (tertiary/aromatic N) is 1. The van der Waals surface area contributed by atoms with Crippen LogP contribution in [0, 0.1) is 6.54 Å². The Morgan fingerprint density at radius 3 is 2.79 bits per heavy atom. The number of ether oxygens (including phenoxy) is 1. The van der Waals surface area contributed by atoms with Gasteiger partial charge in [-0.3, -0.25) is 4.90 Å². The van der Waals surface area contributed by atoms with Gasteiger partial charge in [-0.15, -0.1) is 11.8 Å². The minimum Gasteiger partial charge on any atom is -0.479 e. The summed E-state index contributed by atoms with van der Waals surface area (Å²) in [4.78, 5) is 23.2. The van der Waals surface area contributed by atoms with Crippen LogP contribution in [-0.4, -0.2) is 39.3 Å². The fourth-order valence-corrected chi connectivity index (χ4v) is 1.92. The number of carbonyl (C=O) groups is 2. The molecule has 1 radical (unpaired) electrons. The second kappa shape index (κ2) is 4.54.